The van der Waals surface area contributed by atoms with Crippen molar-refractivity contribution in [3.8, 4) is 0 Å². The fourth-order valence-corrected chi connectivity index (χ4v) is 6.01. The number of sulfonamides is 1. The standard InChI is InChI=1S/C27H38N2O6S/c1-7-9-15-27-16-14-20(30)17-23(27)22(18-29(27)25(31)35-26(4,5)6)24(34-8-2)28-36(32,33)21-12-10-19(3)11-13-21/h10-14,16,22-23H,7-9,15,17-18H2,1-6H3/b28-24+/t22-,23+,27+/m1/s1. The summed E-state index contributed by atoms with van der Waals surface area (Å²) in [5, 5.41) is 0. The van der Waals surface area contributed by atoms with E-state index in [-0.39, 0.29) is 42.1 Å². The van der Waals surface area contributed by atoms with Crippen LogP contribution in [-0.2, 0) is 24.3 Å². The average Bonchev–Trinajstić information content (AvgIpc) is 3.11. The van der Waals surface area contributed by atoms with Crippen LogP contribution in [0.3, 0.4) is 0 Å². The number of unbranched alkanes of at least 4 members (excludes halogenated alkanes) is 1. The third-order valence-corrected chi connectivity index (χ3v) is 7.96. The van der Waals surface area contributed by atoms with Crippen molar-refractivity contribution in [1.29, 1.82) is 0 Å². The molecule has 0 aromatic heterocycles. The molecule has 9 heteroatoms. The number of ketones is 1. The molecule has 3 rings (SSSR count). The van der Waals surface area contributed by atoms with Gasteiger partial charge >= 0.3 is 6.09 Å². The molecule has 0 saturated carbocycles. The number of benzene rings is 1. The number of allylic oxidation sites excluding steroid dienone is 1. The maximum atomic E-state index is 13.4. The number of carbonyl (C=O) groups excluding carboxylic acids is 2. The molecule has 1 saturated heterocycles. The number of rotatable bonds is 7. The van der Waals surface area contributed by atoms with E-state index in [4.69, 9.17) is 9.47 Å². The first kappa shape index (κ1) is 27.9. The van der Waals surface area contributed by atoms with Crippen LogP contribution in [0.15, 0.2) is 45.7 Å². The molecule has 2 aliphatic rings. The molecule has 8 nitrogen and oxygen atoms in total. The number of likely N-dealkylation sites (tertiary alicyclic amines) is 1. The fraction of sp³-hybridized carbons (Fsp3) is 0.593. The molecule has 1 aliphatic heterocycles. The number of hydrogen-bond donors (Lipinski definition) is 0. The first-order valence-corrected chi connectivity index (χ1v) is 14.0. The minimum Gasteiger partial charge on any atom is -0.480 e. The molecule has 1 aromatic carbocycles. The summed E-state index contributed by atoms with van der Waals surface area (Å²) in [5.41, 5.74) is -0.571. The normalized spacial score (nSPS) is 24.6. The molecule has 0 radical (unpaired) electrons. The Bertz CT molecular complexity index is 1130. The van der Waals surface area contributed by atoms with Crippen LogP contribution in [0.1, 0.15) is 65.9 Å². The highest BCUT2D eigenvalue weighted by molar-refractivity contribution is 7.90. The van der Waals surface area contributed by atoms with Crippen LogP contribution < -0.4 is 0 Å². The molecule has 1 heterocycles. The fourth-order valence-electron chi connectivity index (χ4n) is 5.00. The number of fused-ring (bicyclic) bond motifs is 1. The summed E-state index contributed by atoms with van der Waals surface area (Å²) in [6, 6.07) is 6.45. The van der Waals surface area contributed by atoms with E-state index >= 15 is 0 Å². The van der Waals surface area contributed by atoms with Crippen LogP contribution in [-0.4, -0.2) is 55.4 Å². The van der Waals surface area contributed by atoms with E-state index in [1.165, 1.54) is 18.2 Å². The van der Waals surface area contributed by atoms with Gasteiger partial charge in [-0.3, -0.25) is 9.69 Å². The van der Waals surface area contributed by atoms with Gasteiger partial charge in [-0.25, -0.2) is 4.79 Å². The molecule has 1 fully saturated rings. The predicted molar refractivity (Wildman–Crippen MR) is 138 cm³/mol. The topological polar surface area (TPSA) is 102 Å². The van der Waals surface area contributed by atoms with E-state index in [0.717, 1.165) is 18.4 Å². The number of nitrogens with zero attached hydrogens (tertiary/aromatic N) is 2. The molecule has 0 spiro atoms. The van der Waals surface area contributed by atoms with Crippen LogP contribution in [0, 0.1) is 18.8 Å². The Balaban J connectivity index is 2.11. The molecule has 1 aromatic rings. The molecule has 3 atom stereocenters. The van der Waals surface area contributed by atoms with Crippen molar-refractivity contribution >= 4 is 27.8 Å². The zero-order valence-corrected chi connectivity index (χ0v) is 22.9. The lowest BCUT2D eigenvalue weighted by Crippen LogP contribution is -2.52. The molecule has 1 amide bonds. The Morgan fingerprint density at radius 1 is 1.19 bits per heavy atom. The van der Waals surface area contributed by atoms with Crippen molar-refractivity contribution in [2.45, 2.75) is 83.3 Å². The SMILES string of the molecule is CCCC[C@]12C=CC(=O)C[C@H]1[C@H](/C(=N\S(=O)(=O)c1ccc(C)cc1)OCC)CN2C(=O)OC(C)(C)C. The van der Waals surface area contributed by atoms with Gasteiger partial charge in [0.05, 0.1) is 23.0 Å². The Hall–Kier alpha value is -2.68. The van der Waals surface area contributed by atoms with Gasteiger partial charge < -0.3 is 9.47 Å². The van der Waals surface area contributed by atoms with E-state index in [1.54, 1.807) is 50.8 Å². The lowest BCUT2D eigenvalue weighted by Gasteiger charge is -2.42. The van der Waals surface area contributed by atoms with Gasteiger partial charge in [-0.15, -0.1) is 4.40 Å². The summed E-state index contributed by atoms with van der Waals surface area (Å²) < 4.78 is 42.1. The summed E-state index contributed by atoms with van der Waals surface area (Å²) in [6.45, 7) is 11.4. The van der Waals surface area contributed by atoms with E-state index in [9.17, 15) is 18.0 Å². The highest BCUT2D eigenvalue weighted by Crippen LogP contribution is 2.49. The maximum Gasteiger partial charge on any atom is 0.411 e. The molecular formula is C27H38N2O6S. The Morgan fingerprint density at radius 3 is 2.44 bits per heavy atom. The van der Waals surface area contributed by atoms with E-state index in [1.807, 2.05) is 6.92 Å². The van der Waals surface area contributed by atoms with Gasteiger partial charge in [0.1, 0.15) is 5.60 Å². The number of aryl methyl sites for hydroxylation is 1. The number of amides is 1. The van der Waals surface area contributed by atoms with E-state index in [2.05, 4.69) is 11.3 Å². The molecule has 0 N–H and O–H groups in total. The smallest absolute Gasteiger partial charge is 0.411 e. The zero-order valence-electron chi connectivity index (χ0n) is 22.1. The van der Waals surface area contributed by atoms with Crippen LogP contribution >= 0.6 is 0 Å². The Labute approximate surface area is 214 Å². The molecule has 0 bridgehead atoms. The molecule has 1 aliphatic carbocycles. The van der Waals surface area contributed by atoms with Crippen molar-refractivity contribution in [3.05, 3.63) is 42.0 Å². The lowest BCUT2D eigenvalue weighted by molar-refractivity contribution is -0.117. The summed E-state index contributed by atoms with van der Waals surface area (Å²) in [4.78, 5) is 27.7. The van der Waals surface area contributed by atoms with Gasteiger partial charge in [0.15, 0.2) is 5.78 Å². The summed E-state index contributed by atoms with van der Waals surface area (Å²) in [7, 11) is -4.07. The second-order valence-corrected chi connectivity index (χ2v) is 12.2. The molecular weight excluding hydrogens is 480 g/mol. The van der Waals surface area contributed by atoms with Gasteiger partial charge in [0.2, 0.25) is 5.90 Å². The largest absolute Gasteiger partial charge is 0.480 e. The zero-order chi connectivity index (χ0) is 26.7. The second kappa shape index (κ2) is 10.7. The quantitative estimate of drug-likeness (QED) is 0.369. The first-order valence-electron chi connectivity index (χ1n) is 12.6. The van der Waals surface area contributed by atoms with Crippen molar-refractivity contribution in [3.63, 3.8) is 0 Å². The molecule has 36 heavy (non-hydrogen) atoms. The van der Waals surface area contributed by atoms with Crippen molar-refractivity contribution in [2.75, 3.05) is 13.2 Å². The van der Waals surface area contributed by atoms with E-state index in [0.29, 0.717) is 6.42 Å². The minimum atomic E-state index is -4.07. The summed E-state index contributed by atoms with van der Waals surface area (Å²) in [6.07, 6.45) is 5.36. The molecule has 0 unspecified atom stereocenters. The van der Waals surface area contributed by atoms with Gasteiger partial charge in [0.25, 0.3) is 10.0 Å². The highest BCUT2D eigenvalue weighted by Gasteiger charge is 2.58. The van der Waals surface area contributed by atoms with Gasteiger partial charge in [0, 0.05) is 18.9 Å². The van der Waals surface area contributed by atoms with Gasteiger partial charge in [-0.05, 0) is 59.2 Å². The van der Waals surface area contributed by atoms with Crippen molar-refractivity contribution < 1.29 is 27.5 Å². The van der Waals surface area contributed by atoms with E-state index < -0.39 is 33.2 Å². The summed E-state index contributed by atoms with van der Waals surface area (Å²) >= 11 is 0. The van der Waals surface area contributed by atoms with Crippen LogP contribution in [0.25, 0.3) is 0 Å². The van der Waals surface area contributed by atoms with Gasteiger partial charge in [-0.2, -0.15) is 8.42 Å². The first-order chi connectivity index (χ1) is 16.8. The van der Waals surface area contributed by atoms with Crippen LogP contribution in [0.4, 0.5) is 4.79 Å². The highest BCUT2D eigenvalue weighted by atomic mass is 32.2. The second-order valence-electron chi connectivity index (χ2n) is 10.6. The maximum absolute atomic E-state index is 13.4. The van der Waals surface area contributed by atoms with Crippen LogP contribution in [0.2, 0.25) is 0 Å². The lowest BCUT2D eigenvalue weighted by atomic mass is 9.71. The Morgan fingerprint density at radius 2 is 1.86 bits per heavy atom. The number of carbonyl (C=O) groups is 2. The summed E-state index contributed by atoms with van der Waals surface area (Å²) in [5.74, 6) is -1.01. The minimum absolute atomic E-state index is 0.0260. The monoisotopic (exact) mass is 518 g/mol. The van der Waals surface area contributed by atoms with Crippen molar-refractivity contribution in [1.82, 2.24) is 4.90 Å². The number of ether oxygens (including phenoxy) is 2. The number of hydrogen-bond acceptors (Lipinski definition) is 6. The third kappa shape index (κ3) is 5.99. The van der Waals surface area contributed by atoms with Gasteiger partial charge in [-0.1, -0.05) is 43.5 Å². The molecule has 198 valence electrons. The average molecular weight is 519 g/mol. The predicted octanol–water partition coefficient (Wildman–Crippen LogP) is 5.06. The van der Waals surface area contributed by atoms with Crippen molar-refractivity contribution in [2.24, 2.45) is 16.2 Å². The Kier molecular flexibility index (Phi) is 8.33. The van der Waals surface area contributed by atoms with Crippen LogP contribution in [0.5, 0.6) is 0 Å². The third-order valence-electron chi connectivity index (χ3n) is 6.67.